The van der Waals surface area contributed by atoms with Crippen molar-refractivity contribution >= 4 is 21.2 Å². The number of halogens is 1. The fraction of sp³-hybridized carbons (Fsp3) is 0.100. The maximum absolute atomic E-state index is 13.3. The quantitative estimate of drug-likeness (QED) is 0.847. The van der Waals surface area contributed by atoms with Gasteiger partial charge in [0.15, 0.2) is 9.84 Å². The average Bonchev–Trinajstić information content (AvgIpc) is 2.70. The molecule has 0 unspecified atom stereocenters. The van der Waals surface area contributed by atoms with Crippen molar-refractivity contribution in [3.05, 3.63) is 46.7 Å². The number of rotatable bonds is 3. The highest BCUT2D eigenvalue weighted by atomic mass is 32.2. The topological polar surface area (TPSA) is 47.0 Å². The average molecular weight is 257 g/mol. The Morgan fingerprint density at radius 3 is 2.69 bits per heavy atom. The number of aromatic nitrogens is 1. The minimum atomic E-state index is -3.64. The number of thiazole rings is 1. The van der Waals surface area contributed by atoms with Crippen molar-refractivity contribution in [2.75, 3.05) is 0 Å². The van der Waals surface area contributed by atoms with Gasteiger partial charge in [-0.2, -0.15) is 0 Å². The molecule has 0 radical (unpaired) electrons. The summed E-state index contributed by atoms with van der Waals surface area (Å²) < 4.78 is 37.0. The molecule has 0 aliphatic carbocycles. The second-order valence-corrected chi connectivity index (χ2v) is 5.85. The molecule has 16 heavy (non-hydrogen) atoms. The Balaban J connectivity index is 2.37. The van der Waals surface area contributed by atoms with Gasteiger partial charge >= 0.3 is 0 Å². The summed E-state index contributed by atoms with van der Waals surface area (Å²) in [7, 11) is -3.64. The van der Waals surface area contributed by atoms with Crippen LogP contribution in [0.15, 0.2) is 40.1 Å². The zero-order valence-corrected chi connectivity index (χ0v) is 9.76. The van der Waals surface area contributed by atoms with E-state index < -0.39 is 15.7 Å². The van der Waals surface area contributed by atoms with Crippen molar-refractivity contribution in [2.24, 2.45) is 0 Å². The van der Waals surface area contributed by atoms with E-state index >= 15 is 0 Å². The minimum absolute atomic E-state index is 0.266. The highest BCUT2D eigenvalue weighted by Gasteiger charge is 2.19. The summed E-state index contributed by atoms with van der Waals surface area (Å²) in [5.41, 5.74) is 1.99. The molecule has 0 spiro atoms. The van der Waals surface area contributed by atoms with E-state index in [2.05, 4.69) is 4.98 Å². The molecule has 1 aromatic heterocycles. The van der Waals surface area contributed by atoms with Crippen LogP contribution in [0.3, 0.4) is 0 Å². The van der Waals surface area contributed by atoms with E-state index in [4.69, 9.17) is 0 Å². The zero-order chi connectivity index (χ0) is 11.6. The predicted octanol–water partition coefficient (Wildman–Crippen LogP) is 2.26. The van der Waals surface area contributed by atoms with E-state index in [-0.39, 0.29) is 10.6 Å². The Morgan fingerprint density at radius 1 is 1.31 bits per heavy atom. The van der Waals surface area contributed by atoms with Crippen LogP contribution in [0, 0.1) is 5.82 Å². The van der Waals surface area contributed by atoms with Gasteiger partial charge in [0.25, 0.3) is 0 Å². The first-order valence-electron chi connectivity index (χ1n) is 4.44. The smallest absolute Gasteiger partial charge is 0.186 e. The SMILES string of the molecule is O=S(=O)(Cc1cscn1)c1ccccc1F. The van der Waals surface area contributed by atoms with Crippen LogP contribution in [0.25, 0.3) is 0 Å². The summed E-state index contributed by atoms with van der Waals surface area (Å²) in [6.07, 6.45) is 0. The molecule has 0 saturated carbocycles. The number of nitrogens with zero attached hydrogens (tertiary/aromatic N) is 1. The molecule has 3 nitrogen and oxygen atoms in total. The molecule has 1 heterocycles. The first-order valence-corrected chi connectivity index (χ1v) is 7.03. The Kier molecular flexibility index (Phi) is 3.02. The molecule has 0 bridgehead atoms. The van der Waals surface area contributed by atoms with Gasteiger partial charge in [0.2, 0.25) is 0 Å². The molecular formula is C10H8FNO2S2. The second-order valence-electron chi connectivity index (χ2n) is 3.17. The maximum atomic E-state index is 13.3. The van der Waals surface area contributed by atoms with Gasteiger partial charge in [0.1, 0.15) is 10.7 Å². The number of hydrogen-bond donors (Lipinski definition) is 0. The normalized spacial score (nSPS) is 11.6. The van der Waals surface area contributed by atoms with Crippen LogP contribution >= 0.6 is 11.3 Å². The van der Waals surface area contributed by atoms with E-state index in [1.807, 2.05) is 0 Å². The van der Waals surface area contributed by atoms with Gasteiger partial charge in [-0.05, 0) is 12.1 Å². The van der Waals surface area contributed by atoms with Crippen molar-refractivity contribution in [2.45, 2.75) is 10.6 Å². The lowest BCUT2D eigenvalue weighted by Gasteiger charge is -2.03. The van der Waals surface area contributed by atoms with Crippen LogP contribution in [-0.2, 0) is 15.6 Å². The van der Waals surface area contributed by atoms with E-state index in [1.165, 1.54) is 29.5 Å². The van der Waals surface area contributed by atoms with Crippen molar-refractivity contribution in [3.8, 4) is 0 Å². The van der Waals surface area contributed by atoms with Gasteiger partial charge in [0.05, 0.1) is 17.0 Å². The van der Waals surface area contributed by atoms with Gasteiger partial charge in [-0.3, -0.25) is 0 Å². The fourth-order valence-corrected chi connectivity index (χ4v) is 3.30. The molecule has 0 atom stereocenters. The minimum Gasteiger partial charge on any atom is -0.249 e. The zero-order valence-electron chi connectivity index (χ0n) is 8.13. The van der Waals surface area contributed by atoms with Gasteiger partial charge in [0, 0.05) is 5.38 Å². The summed E-state index contributed by atoms with van der Waals surface area (Å²) >= 11 is 1.31. The van der Waals surface area contributed by atoms with Gasteiger partial charge in [-0.1, -0.05) is 12.1 Å². The molecule has 2 aromatic rings. The van der Waals surface area contributed by atoms with E-state index in [9.17, 15) is 12.8 Å². The first-order chi connectivity index (χ1) is 7.59. The summed E-state index contributed by atoms with van der Waals surface area (Å²) in [6, 6.07) is 5.35. The van der Waals surface area contributed by atoms with Crippen LogP contribution < -0.4 is 0 Å². The third-order valence-corrected chi connectivity index (χ3v) is 4.31. The highest BCUT2D eigenvalue weighted by Crippen LogP contribution is 2.19. The summed E-state index contributed by atoms with van der Waals surface area (Å²) in [5.74, 6) is -0.991. The third kappa shape index (κ3) is 2.28. The molecule has 1 aromatic carbocycles. The summed E-state index contributed by atoms with van der Waals surface area (Å²) in [5, 5.41) is 1.64. The van der Waals surface area contributed by atoms with Crippen LogP contribution in [0.2, 0.25) is 0 Å². The Bertz CT molecular complexity index is 579. The fourth-order valence-electron chi connectivity index (χ4n) is 1.28. The molecular weight excluding hydrogens is 249 g/mol. The van der Waals surface area contributed by atoms with Crippen LogP contribution in [0.1, 0.15) is 5.69 Å². The molecule has 0 aliphatic heterocycles. The second kappa shape index (κ2) is 4.31. The van der Waals surface area contributed by atoms with Crippen molar-refractivity contribution in [1.29, 1.82) is 0 Å². The summed E-state index contributed by atoms with van der Waals surface area (Å²) in [6.45, 7) is 0. The molecule has 0 N–H and O–H groups in total. The summed E-state index contributed by atoms with van der Waals surface area (Å²) in [4.78, 5) is 3.60. The molecule has 84 valence electrons. The van der Waals surface area contributed by atoms with E-state index in [0.29, 0.717) is 5.69 Å². The number of benzene rings is 1. The van der Waals surface area contributed by atoms with Gasteiger partial charge in [-0.15, -0.1) is 11.3 Å². The monoisotopic (exact) mass is 257 g/mol. The molecule has 0 aliphatic rings. The number of hydrogen-bond acceptors (Lipinski definition) is 4. The largest absolute Gasteiger partial charge is 0.249 e. The lowest BCUT2D eigenvalue weighted by molar-refractivity contribution is 0.566. The lowest BCUT2D eigenvalue weighted by Crippen LogP contribution is -2.07. The molecule has 2 rings (SSSR count). The Hall–Kier alpha value is -1.27. The maximum Gasteiger partial charge on any atom is 0.186 e. The number of sulfone groups is 1. The molecule has 0 saturated heterocycles. The van der Waals surface area contributed by atoms with Crippen LogP contribution in [0.4, 0.5) is 4.39 Å². The molecule has 6 heteroatoms. The lowest BCUT2D eigenvalue weighted by atomic mass is 10.3. The van der Waals surface area contributed by atoms with Gasteiger partial charge < -0.3 is 0 Å². The van der Waals surface area contributed by atoms with Crippen molar-refractivity contribution < 1.29 is 12.8 Å². The standard InChI is InChI=1S/C10H8FNO2S2/c11-9-3-1-2-4-10(9)16(13,14)6-8-5-15-7-12-8/h1-5,7H,6H2. The molecule has 0 fully saturated rings. The van der Waals surface area contributed by atoms with Crippen molar-refractivity contribution in [3.63, 3.8) is 0 Å². The highest BCUT2D eigenvalue weighted by molar-refractivity contribution is 7.90. The van der Waals surface area contributed by atoms with Gasteiger partial charge in [-0.25, -0.2) is 17.8 Å². The van der Waals surface area contributed by atoms with Crippen LogP contribution in [-0.4, -0.2) is 13.4 Å². The van der Waals surface area contributed by atoms with E-state index in [1.54, 1.807) is 10.9 Å². The Labute approximate surface area is 96.5 Å². The van der Waals surface area contributed by atoms with Crippen LogP contribution in [0.5, 0.6) is 0 Å². The Morgan fingerprint density at radius 2 is 2.06 bits per heavy atom. The molecule has 0 amide bonds. The van der Waals surface area contributed by atoms with Crippen molar-refractivity contribution in [1.82, 2.24) is 4.98 Å². The van der Waals surface area contributed by atoms with E-state index in [0.717, 1.165) is 6.07 Å². The predicted molar refractivity (Wildman–Crippen MR) is 59.4 cm³/mol. The third-order valence-electron chi connectivity index (χ3n) is 1.99. The first kappa shape index (κ1) is 11.2.